The van der Waals surface area contributed by atoms with Crippen LogP contribution >= 0.6 is 15.9 Å². The Hall–Kier alpha value is -1.20. The van der Waals surface area contributed by atoms with Crippen LogP contribution in [0.3, 0.4) is 0 Å². The number of halogens is 2. The van der Waals surface area contributed by atoms with Crippen LogP contribution in [0.2, 0.25) is 0 Å². The second kappa shape index (κ2) is 5.77. The minimum Gasteiger partial charge on any atom is -0.480 e. The molecule has 86 valence electrons. The normalized spacial score (nSPS) is 12.1. The van der Waals surface area contributed by atoms with Gasteiger partial charge in [-0.1, -0.05) is 12.1 Å². The van der Waals surface area contributed by atoms with E-state index in [-0.39, 0.29) is 0 Å². The standard InChI is InChI=1S/C11H11BrFNO2/c1-2-5-14-10(11(15)16)7-3-4-8(12)9(13)6-7/h2-4,6,10,14H,1,5H2,(H,15,16). The van der Waals surface area contributed by atoms with Crippen molar-refractivity contribution in [3.63, 3.8) is 0 Å². The van der Waals surface area contributed by atoms with Crippen LogP contribution in [0.25, 0.3) is 0 Å². The molecule has 0 saturated heterocycles. The summed E-state index contributed by atoms with van der Waals surface area (Å²) in [6.07, 6.45) is 1.55. The highest BCUT2D eigenvalue weighted by Crippen LogP contribution is 2.20. The number of carboxylic acid groups (broad SMARTS) is 1. The van der Waals surface area contributed by atoms with Crippen molar-refractivity contribution in [2.75, 3.05) is 6.54 Å². The number of hydrogen-bond donors (Lipinski definition) is 2. The first-order valence-corrected chi connectivity index (χ1v) is 5.37. The van der Waals surface area contributed by atoms with Crippen LogP contribution in [-0.2, 0) is 4.79 Å². The van der Waals surface area contributed by atoms with Crippen molar-refractivity contribution in [1.82, 2.24) is 5.32 Å². The van der Waals surface area contributed by atoms with Crippen LogP contribution in [0.1, 0.15) is 11.6 Å². The topological polar surface area (TPSA) is 49.3 Å². The predicted molar refractivity (Wildman–Crippen MR) is 62.7 cm³/mol. The smallest absolute Gasteiger partial charge is 0.325 e. The Morgan fingerprint density at radius 1 is 1.69 bits per heavy atom. The number of rotatable bonds is 5. The molecule has 16 heavy (non-hydrogen) atoms. The number of nitrogens with one attached hydrogen (secondary N) is 1. The maximum atomic E-state index is 13.2. The third-order valence-corrected chi connectivity index (χ3v) is 2.63. The number of hydrogen-bond acceptors (Lipinski definition) is 2. The van der Waals surface area contributed by atoms with Crippen LogP contribution < -0.4 is 5.32 Å². The maximum absolute atomic E-state index is 13.2. The fraction of sp³-hybridized carbons (Fsp3) is 0.182. The highest BCUT2D eigenvalue weighted by Gasteiger charge is 2.19. The minimum atomic E-state index is -1.05. The highest BCUT2D eigenvalue weighted by atomic mass is 79.9. The van der Waals surface area contributed by atoms with E-state index in [1.807, 2.05) is 0 Å². The number of carbonyl (C=O) groups is 1. The Balaban J connectivity index is 2.96. The molecule has 0 aliphatic heterocycles. The van der Waals surface area contributed by atoms with E-state index in [0.717, 1.165) is 0 Å². The van der Waals surface area contributed by atoms with Crippen LogP contribution in [0, 0.1) is 5.82 Å². The lowest BCUT2D eigenvalue weighted by atomic mass is 10.1. The SMILES string of the molecule is C=CCNC(C(=O)O)c1ccc(Br)c(F)c1. The van der Waals surface area contributed by atoms with Gasteiger partial charge in [0.15, 0.2) is 0 Å². The molecule has 0 aliphatic rings. The van der Waals surface area contributed by atoms with Crippen LogP contribution in [0.4, 0.5) is 4.39 Å². The van der Waals surface area contributed by atoms with Crippen LogP contribution in [0.5, 0.6) is 0 Å². The van der Waals surface area contributed by atoms with Gasteiger partial charge in [0.05, 0.1) is 4.47 Å². The van der Waals surface area contributed by atoms with Gasteiger partial charge >= 0.3 is 5.97 Å². The third-order valence-electron chi connectivity index (χ3n) is 1.99. The molecule has 1 aromatic rings. The summed E-state index contributed by atoms with van der Waals surface area (Å²) >= 11 is 3.01. The zero-order valence-electron chi connectivity index (χ0n) is 8.41. The minimum absolute atomic E-state index is 0.309. The van der Waals surface area contributed by atoms with Crippen molar-refractivity contribution in [3.8, 4) is 0 Å². The molecular weight excluding hydrogens is 277 g/mol. The second-order valence-corrected chi connectivity index (χ2v) is 4.00. The van der Waals surface area contributed by atoms with E-state index < -0.39 is 17.8 Å². The molecule has 1 aromatic carbocycles. The quantitative estimate of drug-likeness (QED) is 0.818. The van der Waals surface area contributed by atoms with E-state index in [4.69, 9.17) is 5.11 Å². The van der Waals surface area contributed by atoms with Crippen LogP contribution in [-0.4, -0.2) is 17.6 Å². The summed E-state index contributed by atoms with van der Waals surface area (Å²) in [5.41, 5.74) is 0.370. The number of benzene rings is 1. The predicted octanol–water partition coefficient (Wildman–Crippen LogP) is 2.49. The fourth-order valence-electron chi connectivity index (χ4n) is 1.24. The van der Waals surface area contributed by atoms with E-state index in [2.05, 4.69) is 27.8 Å². The number of aliphatic carboxylic acids is 1. The van der Waals surface area contributed by atoms with E-state index in [9.17, 15) is 9.18 Å². The monoisotopic (exact) mass is 287 g/mol. The first kappa shape index (κ1) is 12.9. The molecule has 0 aliphatic carbocycles. The summed E-state index contributed by atoms with van der Waals surface area (Å²) in [7, 11) is 0. The van der Waals surface area contributed by atoms with Gasteiger partial charge < -0.3 is 5.11 Å². The molecule has 0 spiro atoms. The molecule has 1 atom stereocenters. The van der Waals surface area contributed by atoms with Crippen molar-refractivity contribution < 1.29 is 14.3 Å². The van der Waals surface area contributed by atoms with Gasteiger partial charge in [0.2, 0.25) is 0 Å². The Kier molecular flexibility index (Phi) is 4.64. The van der Waals surface area contributed by atoms with Gasteiger partial charge in [-0.05, 0) is 33.6 Å². The molecule has 0 heterocycles. The van der Waals surface area contributed by atoms with E-state index in [1.165, 1.54) is 12.1 Å². The van der Waals surface area contributed by atoms with Crippen molar-refractivity contribution in [2.24, 2.45) is 0 Å². The molecule has 1 unspecified atom stereocenters. The maximum Gasteiger partial charge on any atom is 0.325 e. The van der Waals surface area contributed by atoms with Crippen molar-refractivity contribution >= 4 is 21.9 Å². The molecule has 0 bridgehead atoms. The zero-order valence-corrected chi connectivity index (χ0v) is 10.00. The van der Waals surface area contributed by atoms with Crippen molar-refractivity contribution in [2.45, 2.75) is 6.04 Å². The Morgan fingerprint density at radius 2 is 2.38 bits per heavy atom. The molecule has 5 heteroatoms. The van der Waals surface area contributed by atoms with Gasteiger partial charge in [-0.25, -0.2) is 4.39 Å². The van der Waals surface area contributed by atoms with Crippen molar-refractivity contribution in [3.05, 3.63) is 46.7 Å². The molecule has 1 rings (SSSR count). The lowest BCUT2D eigenvalue weighted by Gasteiger charge is -2.13. The van der Waals surface area contributed by atoms with E-state index >= 15 is 0 Å². The highest BCUT2D eigenvalue weighted by molar-refractivity contribution is 9.10. The molecular formula is C11H11BrFNO2. The molecule has 0 saturated carbocycles. The summed E-state index contributed by atoms with van der Waals surface area (Å²) in [4.78, 5) is 11.0. The molecule has 0 fully saturated rings. The third kappa shape index (κ3) is 3.15. The summed E-state index contributed by atoms with van der Waals surface area (Å²) in [6, 6.07) is 3.30. The van der Waals surface area contributed by atoms with Gasteiger partial charge in [-0.3, -0.25) is 10.1 Å². The summed E-state index contributed by atoms with van der Waals surface area (Å²) in [6.45, 7) is 3.82. The molecule has 0 radical (unpaired) electrons. The molecule has 3 nitrogen and oxygen atoms in total. The number of carboxylic acids is 1. The fourth-order valence-corrected chi connectivity index (χ4v) is 1.49. The van der Waals surface area contributed by atoms with E-state index in [1.54, 1.807) is 12.1 Å². The summed E-state index contributed by atoms with van der Waals surface area (Å²) in [5, 5.41) is 11.7. The van der Waals surface area contributed by atoms with Gasteiger partial charge in [-0.15, -0.1) is 6.58 Å². The lowest BCUT2D eigenvalue weighted by Crippen LogP contribution is -2.28. The summed E-state index contributed by atoms with van der Waals surface area (Å²) < 4.78 is 13.5. The first-order chi connectivity index (χ1) is 7.56. The van der Waals surface area contributed by atoms with Crippen molar-refractivity contribution in [1.29, 1.82) is 0 Å². The van der Waals surface area contributed by atoms with Gasteiger partial charge in [-0.2, -0.15) is 0 Å². The molecule has 0 amide bonds. The Labute approximate surface area is 101 Å². The van der Waals surface area contributed by atoms with E-state index in [0.29, 0.717) is 16.6 Å². The van der Waals surface area contributed by atoms with Gasteiger partial charge in [0.1, 0.15) is 11.9 Å². The Bertz CT molecular complexity index is 409. The lowest BCUT2D eigenvalue weighted by molar-refractivity contribution is -0.139. The average molecular weight is 288 g/mol. The largest absolute Gasteiger partial charge is 0.480 e. The first-order valence-electron chi connectivity index (χ1n) is 4.58. The zero-order chi connectivity index (χ0) is 12.1. The van der Waals surface area contributed by atoms with Gasteiger partial charge in [0, 0.05) is 6.54 Å². The van der Waals surface area contributed by atoms with Gasteiger partial charge in [0.25, 0.3) is 0 Å². The Morgan fingerprint density at radius 3 is 2.88 bits per heavy atom. The molecule has 2 N–H and O–H groups in total. The second-order valence-electron chi connectivity index (χ2n) is 3.14. The summed E-state index contributed by atoms with van der Waals surface area (Å²) in [5.74, 6) is -1.53. The molecule has 0 aromatic heterocycles. The van der Waals surface area contributed by atoms with Crippen LogP contribution in [0.15, 0.2) is 35.3 Å². The average Bonchev–Trinajstić information content (AvgIpc) is 2.23.